The summed E-state index contributed by atoms with van der Waals surface area (Å²) in [6.07, 6.45) is -2.90. The minimum Gasteiger partial charge on any atom is -0.218 e. The number of nitrogens with zero attached hydrogens (tertiary/aromatic N) is 2. The number of rotatable bonds is 1. The van der Waals surface area contributed by atoms with E-state index in [0.29, 0.717) is 0 Å². The van der Waals surface area contributed by atoms with Crippen LogP contribution >= 0.6 is 23.4 Å². The highest BCUT2D eigenvalue weighted by atomic mass is 35.5. The van der Waals surface area contributed by atoms with Crippen molar-refractivity contribution in [2.24, 2.45) is 0 Å². The van der Waals surface area contributed by atoms with Gasteiger partial charge in [-0.3, -0.25) is 0 Å². The van der Waals surface area contributed by atoms with Gasteiger partial charge in [-0.25, -0.2) is 9.97 Å². The van der Waals surface area contributed by atoms with Gasteiger partial charge in [0.1, 0.15) is 5.15 Å². The summed E-state index contributed by atoms with van der Waals surface area (Å²) in [6.45, 7) is 5.25. The first-order valence-electron chi connectivity index (χ1n) is 4.51. The largest absolute Gasteiger partial charge is 0.433 e. The Labute approximate surface area is 102 Å². The molecule has 0 aromatic carbocycles. The first-order valence-corrected chi connectivity index (χ1v) is 6.12. The Bertz CT molecular complexity index is 355. The Kier molecular flexibility index (Phi) is 6.10. The molecule has 0 aliphatic carbocycles. The van der Waals surface area contributed by atoms with Crippen molar-refractivity contribution >= 4 is 23.4 Å². The lowest BCUT2D eigenvalue weighted by Gasteiger charge is -2.10. The van der Waals surface area contributed by atoms with Gasteiger partial charge in [-0.05, 0) is 13.2 Å². The zero-order chi connectivity index (χ0) is 12.9. The minimum atomic E-state index is -4.48. The molecular formula is C9H12ClF3N2S. The highest BCUT2D eigenvalue weighted by molar-refractivity contribution is 7.98. The van der Waals surface area contributed by atoms with Crippen LogP contribution in [0.3, 0.4) is 0 Å². The molecule has 1 aromatic heterocycles. The number of hydrogen-bond donors (Lipinski definition) is 0. The Balaban J connectivity index is 0.00000106. The number of thioether (sulfide) groups is 1. The zero-order valence-corrected chi connectivity index (χ0v) is 10.9. The molecule has 1 aromatic rings. The first kappa shape index (κ1) is 15.5. The summed E-state index contributed by atoms with van der Waals surface area (Å²) in [5.41, 5.74) is -1.11. The topological polar surface area (TPSA) is 25.8 Å². The van der Waals surface area contributed by atoms with E-state index in [9.17, 15) is 13.2 Å². The highest BCUT2D eigenvalue weighted by Crippen LogP contribution is 2.33. The second-order valence-electron chi connectivity index (χ2n) is 2.47. The summed E-state index contributed by atoms with van der Waals surface area (Å²) in [7, 11) is 0. The number of alkyl halides is 3. The van der Waals surface area contributed by atoms with Crippen molar-refractivity contribution in [3.05, 3.63) is 16.4 Å². The van der Waals surface area contributed by atoms with Crippen molar-refractivity contribution in [1.29, 1.82) is 0 Å². The molecule has 0 saturated carbocycles. The van der Waals surface area contributed by atoms with Crippen LogP contribution in [0.1, 0.15) is 25.1 Å². The molecule has 0 saturated heterocycles. The van der Waals surface area contributed by atoms with Gasteiger partial charge in [0, 0.05) is 5.56 Å². The summed E-state index contributed by atoms with van der Waals surface area (Å²) >= 11 is 6.55. The van der Waals surface area contributed by atoms with Crippen LogP contribution in [0.5, 0.6) is 0 Å². The van der Waals surface area contributed by atoms with Crippen LogP contribution in [0.4, 0.5) is 13.2 Å². The minimum absolute atomic E-state index is 0.0212. The van der Waals surface area contributed by atoms with Crippen molar-refractivity contribution in [2.75, 3.05) is 6.26 Å². The third-order valence-electron chi connectivity index (χ3n) is 1.52. The van der Waals surface area contributed by atoms with Crippen LogP contribution in [0.2, 0.25) is 5.15 Å². The molecule has 0 spiro atoms. The van der Waals surface area contributed by atoms with E-state index >= 15 is 0 Å². The molecule has 0 unspecified atom stereocenters. The number of halogens is 4. The van der Waals surface area contributed by atoms with E-state index in [1.165, 1.54) is 6.92 Å². The van der Waals surface area contributed by atoms with Gasteiger partial charge in [0.05, 0.1) is 0 Å². The smallest absolute Gasteiger partial charge is 0.218 e. The Morgan fingerprint density at radius 1 is 1.19 bits per heavy atom. The molecule has 92 valence electrons. The van der Waals surface area contributed by atoms with E-state index in [-0.39, 0.29) is 15.9 Å². The maximum atomic E-state index is 12.4. The molecule has 0 N–H and O–H groups in total. The average molecular weight is 273 g/mol. The van der Waals surface area contributed by atoms with Crippen LogP contribution in [0, 0.1) is 6.92 Å². The molecule has 0 aliphatic rings. The van der Waals surface area contributed by atoms with Crippen molar-refractivity contribution in [3.63, 3.8) is 0 Å². The van der Waals surface area contributed by atoms with Gasteiger partial charge in [-0.15, -0.1) is 0 Å². The SMILES string of the molecule is CC.CSc1nc(Cl)c(C)c(C(F)(F)F)n1. The molecule has 0 fully saturated rings. The van der Waals surface area contributed by atoms with Crippen molar-refractivity contribution in [1.82, 2.24) is 9.97 Å². The maximum Gasteiger partial charge on any atom is 0.433 e. The quantitative estimate of drug-likeness (QED) is 0.435. The second kappa shape index (κ2) is 6.30. The lowest BCUT2D eigenvalue weighted by molar-refractivity contribution is -0.142. The van der Waals surface area contributed by atoms with E-state index in [1.807, 2.05) is 13.8 Å². The van der Waals surface area contributed by atoms with Crippen molar-refractivity contribution in [2.45, 2.75) is 32.1 Å². The number of aromatic nitrogens is 2. The van der Waals surface area contributed by atoms with Gasteiger partial charge < -0.3 is 0 Å². The molecule has 0 aliphatic heterocycles. The summed E-state index contributed by atoms with van der Waals surface area (Å²) in [4.78, 5) is 7.05. The second-order valence-corrected chi connectivity index (χ2v) is 3.60. The Hall–Kier alpha value is -0.490. The molecule has 0 bridgehead atoms. The van der Waals surface area contributed by atoms with Crippen LogP contribution in [0.25, 0.3) is 0 Å². The summed E-state index contributed by atoms with van der Waals surface area (Å²) < 4.78 is 37.2. The Morgan fingerprint density at radius 3 is 2.06 bits per heavy atom. The van der Waals surface area contributed by atoms with E-state index in [0.717, 1.165) is 11.8 Å². The van der Waals surface area contributed by atoms with Gasteiger partial charge in [0.15, 0.2) is 10.9 Å². The summed E-state index contributed by atoms with van der Waals surface area (Å²) in [6, 6.07) is 0. The lowest BCUT2D eigenvalue weighted by Crippen LogP contribution is -2.12. The molecule has 16 heavy (non-hydrogen) atoms. The van der Waals surface area contributed by atoms with E-state index in [2.05, 4.69) is 9.97 Å². The predicted octanol–water partition coefficient (Wildman–Crippen LogP) is 4.21. The van der Waals surface area contributed by atoms with Gasteiger partial charge in [0.25, 0.3) is 0 Å². The third-order valence-corrected chi connectivity index (χ3v) is 2.43. The fraction of sp³-hybridized carbons (Fsp3) is 0.556. The van der Waals surface area contributed by atoms with Gasteiger partial charge >= 0.3 is 6.18 Å². The standard InChI is InChI=1S/C7H6ClF3N2S.C2H6/c1-3-4(7(9,10)11)12-6(14-2)13-5(3)8;1-2/h1-2H3;1-2H3. The van der Waals surface area contributed by atoms with Crippen LogP contribution in [0.15, 0.2) is 5.16 Å². The normalized spacial score (nSPS) is 10.8. The molecule has 1 heterocycles. The molecular weight excluding hydrogens is 261 g/mol. The van der Waals surface area contributed by atoms with Gasteiger partial charge in [-0.1, -0.05) is 37.2 Å². The monoisotopic (exact) mass is 272 g/mol. The lowest BCUT2D eigenvalue weighted by atomic mass is 10.2. The fourth-order valence-corrected chi connectivity index (χ4v) is 1.42. The van der Waals surface area contributed by atoms with Crippen LogP contribution in [-0.2, 0) is 6.18 Å². The van der Waals surface area contributed by atoms with E-state index < -0.39 is 11.9 Å². The maximum absolute atomic E-state index is 12.4. The van der Waals surface area contributed by atoms with Crippen LogP contribution in [-0.4, -0.2) is 16.2 Å². The molecule has 2 nitrogen and oxygen atoms in total. The molecule has 0 atom stereocenters. The van der Waals surface area contributed by atoms with Crippen molar-refractivity contribution < 1.29 is 13.2 Å². The van der Waals surface area contributed by atoms with E-state index in [4.69, 9.17) is 11.6 Å². The molecule has 0 amide bonds. The van der Waals surface area contributed by atoms with Crippen molar-refractivity contribution in [3.8, 4) is 0 Å². The molecule has 0 radical (unpaired) electrons. The molecule has 7 heteroatoms. The Morgan fingerprint density at radius 2 is 1.69 bits per heavy atom. The zero-order valence-electron chi connectivity index (χ0n) is 9.31. The van der Waals surface area contributed by atoms with Gasteiger partial charge in [0.2, 0.25) is 0 Å². The molecule has 1 rings (SSSR count). The van der Waals surface area contributed by atoms with Crippen LogP contribution < -0.4 is 0 Å². The summed E-state index contributed by atoms with van der Waals surface area (Å²) in [5, 5.41) is -0.135. The van der Waals surface area contributed by atoms with Gasteiger partial charge in [-0.2, -0.15) is 13.2 Å². The summed E-state index contributed by atoms with van der Waals surface area (Å²) in [5.74, 6) is 0. The number of hydrogen-bond acceptors (Lipinski definition) is 3. The highest BCUT2D eigenvalue weighted by Gasteiger charge is 2.36. The predicted molar refractivity (Wildman–Crippen MR) is 59.9 cm³/mol. The average Bonchev–Trinajstić information content (AvgIpc) is 2.23. The van der Waals surface area contributed by atoms with E-state index in [1.54, 1.807) is 6.26 Å². The fourth-order valence-electron chi connectivity index (χ4n) is 0.837. The third kappa shape index (κ3) is 3.83. The first-order chi connectivity index (χ1) is 7.36.